The van der Waals surface area contributed by atoms with Gasteiger partial charge in [0.1, 0.15) is 18.2 Å². The van der Waals surface area contributed by atoms with Crippen LogP contribution in [0, 0.1) is 11.6 Å². The lowest BCUT2D eigenvalue weighted by atomic mass is 10.2. The molecule has 170 valence electrons. The number of rotatable bonds is 7. The van der Waals surface area contributed by atoms with Crippen LogP contribution in [0.1, 0.15) is 11.1 Å². The summed E-state index contributed by atoms with van der Waals surface area (Å²) in [5, 5.41) is 6.08. The summed E-state index contributed by atoms with van der Waals surface area (Å²) in [5.41, 5.74) is 2.43. The summed E-state index contributed by atoms with van der Waals surface area (Å²) in [4.78, 5) is 23.9. The lowest BCUT2D eigenvalue weighted by Crippen LogP contribution is -2.32. The van der Waals surface area contributed by atoms with Crippen LogP contribution >= 0.6 is 11.6 Å². The first-order valence-electron chi connectivity index (χ1n) is 9.52. The molecule has 3 aromatic rings. The number of anilines is 1. The number of halogens is 3. The number of amides is 2. The average Bonchev–Trinajstić information content (AvgIpc) is 2.80. The van der Waals surface area contributed by atoms with Gasteiger partial charge in [0.2, 0.25) is 0 Å². The van der Waals surface area contributed by atoms with Crippen molar-refractivity contribution in [2.45, 2.75) is 6.61 Å². The molecule has 0 spiro atoms. The monoisotopic (exact) mass is 473 g/mol. The summed E-state index contributed by atoms with van der Waals surface area (Å²) in [7, 11) is 1.42. The van der Waals surface area contributed by atoms with Crippen LogP contribution in [0.4, 0.5) is 14.5 Å². The molecule has 3 rings (SSSR count). The zero-order valence-electron chi connectivity index (χ0n) is 17.3. The maximum Gasteiger partial charge on any atom is 0.329 e. The van der Waals surface area contributed by atoms with Crippen LogP contribution in [-0.2, 0) is 16.2 Å². The minimum absolute atomic E-state index is 0.142. The predicted octanol–water partition coefficient (Wildman–Crippen LogP) is 4.29. The van der Waals surface area contributed by atoms with Crippen molar-refractivity contribution in [3.63, 3.8) is 0 Å². The van der Waals surface area contributed by atoms with Crippen molar-refractivity contribution in [2.24, 2.45) is 5.10 Å². The van der Waals surface area contributed by atoms with Crippen molar-refractivity contribution in [3.8, 4) is 11.5 Å². The lowest BCUT2D eigenvalue weighted by Gasteiger charge is -2.14. The highest BCUT2D eigenvalue weighted by Crippen LogP contribution is 2.32. The van der Waals surface area contributed by atoms with Crippen LogP contribution in [0.5, 0.6) is 11.5 Å². The Labute approximate surface area is 193 Å². The van der Waals surface area contributed by atoms with Gasteiger partial charge in [-0.2, -0.15) is 5.10 Å². The van der Waals surface area contributed by atoms with Gasteiger partial charge in [0.25, 0.3) is 0 Å². The third kappa shape index (κ3) is 6.05. The van der Waals surface area contributed by atoms with Gasteiger partial charge in [-0.05, 0) is 36.4 Å². The van der Waals surface area contributed by atoms with E-state index in [2.05, 4.69) is 10.4 Å². The number of nitrogens with zero attached hydrogens (tertiary/aromatic N) is 1. The molecule has 3 aromatic carbocycles. The number of hydrazone groups is 1. The Morgan fingerprint density at radius 2 is 1.73 bits per heavy atom. The highest BCUT2D eigenvalue weighted by Gasteiger charge is 2.16. The molecule has 2 N–H and O–H groups in total. The molecular formula is C23H18ClF2N3O4. The number of carbonyl (C=O) groups is 2. The molecule has 0 radical (unpaired) electrons. The van der Waals surface area contributed by atoms with E-state index in [9.17, 15) is 18.4 Å². The van der Waals surface area contributed by atoms with E-state index in [1.165, 1.54) is 49.7 Å². The van der Waals surface area contributed by atoms with Gasteiger partial charge in [-0.3, -0.25) is 9.59 Å². The molecule has 33 heavy (non-hydrogen) atoms. The van der Waals surface area contributed by atoms with E-state index in [-0.39, 0.29) is 28.6 Å². The summed E-state index contributed by atoms with van der Waals surface area (Å²) in [6, 6.07) is 14.6. The van der Waals surface area contributed by atoms with Crippen LogP contribution in [0.15, 0.2) is 65.8 Å². The summed E-state index contributed by atoms with van der Waals surface area (Å²) in [5.74, 6) is -2.88. The van der Waals surface area contributed by atoms with Crippen LogP contribution in [0.3, 0.4) is 0 Å². The SMILES string of the molecule is COc1cccc(/C=N\NC(=O)C(=O)Nc2ccccc2F)c1OCc1c(F)cccc1Cl. The van der Waals surface area contributed by atoms with Crippen LogP contribution < -0.4 is 20.2 Å². The van der Waals surface area contributed by atoms with Gasteiger partial charge in [0.15, 0.2) is 11.5 Å². The smallest absolute Gasteiger partial charge is 0.329 e. The fraction of sp³-hybridized carbons (Fsp3) is 0.0870. The fourth-order valence-corrected chi connectivity index (χ4v) is 2.93. The van der Waals surface area contributed by atoms with Crippen LogP contribution in [0.2, 0.25) is 5.02 Å². The number of carbonyl (C=O) groups excluding carboxylic acids is 2. The summed E-state index contributed by atoms with van der Waals surface area (Å²) >= 11 is 6.04. The molecule has 0 unspecified atom stereocenters. The van der Waals surface area contributed by atoms with Gasteiger partial charge in [-0.25, -0.2) is 14.2 Å². The molecule has 0 saturated carbocycles. The van der Waals surface area contributed by atoms with Gasteiger partial charge >= 0.3 is 11.8 Å². The fourth-order valence-electron chi connectivity index (χ4n) is 2.72. The first-order valence-corrected chi connectivity index (χ1v) is 9.90. The standard InChI is InChI=1S/C23H18ClF2N3O4/c1-32-20-11-4-6-14(21(20)33-13-15-16(24)7-5-9-17(15)25)12-27-29-23(31)22(30)28-19-10-3-2-8-18(19)26/h2-12H,13H2,1H3,(H,28,30)(H,29,31)/b27-12-. The molecule has 0 heterocycles. The number of hydrogen-bond acceptors (Lipinski definition) is 5. The Hall–Kier alpha value is -3.98. The maximum atomic E-state index is 14.1. The summed E-state index contributed by atoms with van der Waals surface area (Å²) in [6.07, 6.45) is 1.22. The number of benzene rings is 3. The molecule has 0 atom stereocenters. The second-order valence-electron chi connectivity index (χ2n) is 6.50. The van der Waals surface area contributed by atoms with Gasteiger partial charge in [-0.15, -0.1) is 0 Å². The predicted molar refractivity (Wildman–Crippen MR) is 120 cm³/mol. The van der Waals surface area contributed by atoms with E-state index < -0.39 is 23.4 Å². The summed E-state index contributed by atoms with van der Waals surface area (Å²) < 4.78 is 38.7. The second kappa shape index (κ2) is 11.1. The van der Waals surface area contributed by atoms with Gasteiger partial charge < -0.3 is 14.8 Å². The lowest BCUT2D eigenvalue weighted by molar-refractivity contribution is -0.136. The molecule has 0 aromatic heterocycles. The number of methoxy groups -OCH3 is 1. The van der Waals surface area contributed by atoms with E-state index in [1.54, 1.807) is 18.2 Å². The minimum Gasteiger partial charge on any atom is -0.493 e. The van der Waals surface area contributed by atoms with Gasteiger partial charge in [-0.1, -0.05) is 35.9 Å². The number of nitrogens with one attached hydrogen (secondary N) is 2. The summed E-state index contributed by atoms with van der Waals surface area (Å²) in [6.45, 7) is -0.190. The van der Waals surface area contributed by atoms with E-state index in [0.29, 0.717) is 11.3 Å². The number of hydrogen-bond donors (Lipinski definition) is 2. The minimum atomic E-state index is -1.11. The third-order valence-electron chi connectivity index (χ3n) is 4.35. The molecule has 0 bridgehead atoms. The number of para-hydroxylation sites is 2. The molecule has 0 saturated heterocycles. The average molecular weight is 474 g/mol. The van der Waals surface area contributed by atoms with E-state index >= 15 is 0 Å². The van der Waals surface area contributed by atoms with E-state index in [4.69, 9.17) is 21.1 Å². The zero-order chi connectivity index (χ0) is 23.8. The highest BCUT2D eigenvalue weighted by molar-refractivity contribution is 6.39. The zero-order valence-corrected chi connectivity index (χ0v) is 18.0. The Morgan fingerprint density at radius 3 is 2.45 bits per heavy atom. The van der Waals surface area contributed by atoms with Crippen molar-refractivity contribution in [3.05, 3.63) is 88.4 Å². The van der Waals surface area contributed by atoms with E-state index in [0.717, 1.165) is 6.07 Å². The molecular weight excluding hydrogens is 456 g/mol. The molecule has 10 heteroatoms. The first kappa shape index (κ1) is 23.7. The number of ether oxygens (including phenoxy) is 2. The van der Waals surface area contributed by atoms with Gasteiger partial charge in [0.05, 0.1) is 24.0 Å². The van der Waals surface area contributed by atoms with Gasteiger partial charge in [0, 0.05) is 11.1 Å². The molecule has 2 amide bonds. The van der Waals surface area contributed by atoms with Crippen LogP contribution in [-0.4, -0.2) is 25.1 Å². The largest absolute Gasteiger partial charge is 0.493 e. The molecule has 0 aliphatic carbocycles. The molecule has 0 fully saturated rings. The highest BCUT2D eigenvalue weighted by atomic mass is 35.5. The Balaban J connectivity index is 1.70. The third-order valence-corrected chi connectivity index (χ3v) is 4.70. The Bertz CT molecular complexity index is 1180. The first-order chi connectivity index (χ1) is 15.9. The van der Waals surface area contributed by atoms with Crippen molar-refractivity contribution in [2.75, 3.05) is 12.4 Å². The Kier molecular flexibility index (Phi) is 7.93. The van der Waals surface area contributed by atoms with Crippen molar-refractivity contribution >= 4 is 35.3 Å². The maximum absolute atomic E-state index is 14.1. The van der Waals surface area contributed by atoms with Crippen molar-refractivity contribution in [1.82, 2.24) is 5.43 Å². The molecule has 7 nitrogen and oxygen atoms in total. The molecule has 0 aliphatic heterocycles. The van der Waals surface area contributed by atoms with Crippen molar-refractivity contribution < 1.29 is 27.8 Å². The normalized spacial score (nSPS) is 10.7. The second-order valence-corrected chi connectivity index (χ2v) is 6.91. The van der Waals surface area contributed by atoms with Crippen molar-refractivity contribution in [1.29, 1.82) is 0 Å². The topological polar surface area (TPSA) is 89.0 Å². The molecule has 0 aliphatic rings. The Morgan fingerprint density at radius 1 is 1.00 bits per heavy atom. The van der Waals surface area contributed by atoms with E-state index in [1.807, 2.05) is 5.43 Å². The quantitative estimate of drug-likeness (QED) is 0.304. The van der Waals surface area contributed by atoms with Crippen LogP contribution in [0.25, 0.3) is 0 Å².